The van der Waals surface area contributed by atoms with E-state index in [0.717, 1.165) is 0 Å². The summed E-state index contributed by atoms with van der Waals surface area (Å²) in [6.45, 7) is 4.92. The van der Waals surface area contributed by atoms with E-state index in [0.29, 0.717) is 4.90 Å². The molecular weight excluding hydrogens is 243 g/mol. The number of urea groups is 1. The molecule has 1 aliphatic heterocycles. The van der Waals surface area contributed by atoms with Crippen LogP contribution in [0.4, 0.5) is 14.0 Å². The lowest BCUT2D eigenvalue weighted by Gasteiger charge is -2.49. The number of carbonyl (C=O) groups excluding carboxylic acids is 3. The number of hydrogen-bond donors (Lipinski definition) is 1. The molecule has 2 atom stereocenters. The van der Waals surface area contributed by atoms with Crippen LogP contribution < -0.4 is 5.32 Å². The zero-order valence-corrected chi connectivity index (χ0v) is 10.4. The second-order valence-corrected chi connectivity index (χ2v) is 5.53. The van der Waals surface area contributed by atoms with Gasteiger partial charge in [0, 0.05) is 0 Å². The summed E-state index contributed by atoms with van der Waals surface area (Å²) >= 11 is 0. The summed E-state index contributed by atoms with van der Waals surface area (Å²) in [6, 6.07) is -1.97. The van der Waals surface area contributed by atoms with Gasteiger partial charge in [-0.2, -0.15) is 0 Å². The van der Waals surface area contributed by atoms with Crippen molar-refractivity contribution in [1.29, 1.82) is 0 Å². The second kappa shape index (κ2) is 3.66. The summed E-state index contributed by atoms with van der Waals surface area (Å²) in [5.74, 6) is -0.969. The van der Waals surface area contributed by atoms with Gasteiger partial charge in [0.15, 0.2) is 0 Å². The number of ether oxygens (including phenoxy) is 1. The first-order chi connectivity index (χ1) is 8.15. The first-order valence-corrected chi connectivity index (χ1v) is 5.72. The molecule has 1 saturated carbocycles. The molecule has 0 aromatic rings. The van der Waals surface area contributed by atoms with Gasteiger partial charge in [0.1, 0.15) is 5.60 Å². The Bertz CT molecular complexity index is 431. The minimum atomic E-state index is -2.16. The predicted molar refractivity (Wildman–Crippen MR) is 58.5 cm³/mol. The summed E-state index contributed by atoms with van der Waals surface area (Å²) < 4.78 is 19.2. The first-order valence-electron chi connectivity index (χ1n) is 5.72. The highest BCUT2D eigenvalue weighted by atomic mass is 19.1. The molecule has 7 heteroatoms. The molecule has 0 aromatic carbocycles. The molecule has 2 fully saturated rings. The van der Waals surface area contributed by atoms with Gasteiger partial charge in [-0.3, -0.25) is 10.1 Å². The maximum absolute atomic E-state index is 14.1. The van der Waals surface area contributed by atoms with E-state index in [4.69, 9.17) is 4.74 Å². The number of nitrogens with zero attached hydrogens (tertiary/aromatic N) is 1. The van der Waals surface area contributed by atoms with E-state index >= 15 is 0 Å². The van der Waals surface area contributed by atoms with E-state index in [1.807, 2.05) is 5.32 Å². The molecule has 2 aliphatic rings. The second-order valence-electron chi connectivity index (χ2n) is 5.53. The zero-order chi connectivity index (χ0) is 13.7. The molecule has 0 aromatic heterocycles. The van der Waals surface area contributed by atoms with Crippen LogP contribution in [-0.2, 0) is 9.53 Å². The van der Waals surface area contributed by atoms with Crippen LogP contribution in [0.5, 0.6) is 0 Å². The van der Waals surface area contributed by atoms with Crippen molar-refractivity contribution >= 4 is 18.0 Å². The van der Waals surface area contributed by atoms with E-state index in [1.165, 1.54) is 0 Å². The number of rotatable bonds is 0. The highest BCUT2D eigenvalue weighted by Gasteiger charge is 2.63. The van der Waals surface area contributed by atoms with Gasteiger partial charge in [0.2, 0.25) is 5.67 Å². The van der Waals surface area contributed by atoms with E-state index in [9.17, 15) is 18.8 Å². The van der Waals surface area contributed by atoms with Crippen molar-refractivity contribution in [3.63, 3.8) is 0 Å². The summed E-state index contributed by atoms with van der Waals surface area (Å²) in [5.41, 5.74) is -2.95. The Balaban J connectivity index is 2.20. The summed E-state index contributed by atoms with van der Waals surface area (Å²) in [5, 5.41) is 1.84. The van der Waals surface area contributed by atoms with Gasteiger partial charge >= 0.3 is 12.1 Å². The Kier molecular flexibility index (Phi) is 2.60. The summed E-state index contributed by atoms with van der Waals surface area (Å²) in [4.78, 5) is 35.4. The molecule has 1 saturated heterocycles. The largest absolute Gasteiger partial charge is 0.443 e. The molecule has 2 rings (SSSR count). The van der Waals surface area contributed by atoms with Gasteiger partial charge in [-0.25, -0.2) is 18.9 Å². The highest BCUT2D eigenvalue weighted by molar-refractivity contribution is 6.08. The average Bonchev–Trinajstić information content (AvgIpc) is 2.17. The quantitative estimate of drug-likeness (QED) is 0.711. The van der Waals surface area contributed by atoms with E-state index in [1.54, 1.807) is 20.8 Å². The Morgan fingerprint density at radius 3 is 2.56 bits per heavy atom. The number of nitrogens with one attached hydrogen (secondary N) is 1. The molecule has 18 heavy (non-hydrogen) atoms. The number of hydrogen-bond acceptors (Lipinski definition) is 4. The van der Waals surface area contributed by atoms with Crippen molar-refractivity contribution in [2.24, 2.45) is 0 Å². The van der Waals surface area contributed by atoms with Gasteiger partial charge in [0.05, 0.1) is 6.04 Å². The molecule has 0 spiro atoms. The number of halogens is 1. The molecule has 100 valence electrons. The van der Waals surface area contributed by atoms with Crippen molar-refractivity contribution in [2.45, 2.75) is 50.9 Å². The molecule has 1 aliphatic carbocycles. The van der Waals surface area contributed by atoms with Gasteiger partial charge in [-0.1, -0.05) is 0 Å². The normalized spacial score (nSPS) is 31.3. The van der Waals surface area contributed by atoms with E-state index in [-0.39, 0.29) is 12.8 Å². The molecule has 0 radical (unpaired) electrons. The lowest BCUT2D eigenvalue weighted by Crippen LogP contribution is -2.74. The SMILES string of the molecule is CC(C)(C)OC(=O)N1C(=O)NC(=O)[C@]2(F)CC[C@H]12. The van der Waals surface area contributed by atoms with Crippen molar-refractivity contribution in [2.75, 3.05) is 0 Å². The highest BCUT2D eigenvalue weighted by Crippen LogP contribution is 2.42. The fourth-order valence-corrected chi connectivity index (χ4v) is 2.05. The number of imide groups is 2. The third kappa shape index (κ3) is 1.83. The lowest BCUT2D eigenvalue weighted by atomic mass is 9.73. The lowest BCUT2D eigenvalue weighted by molar-refractivity contribution is -0.149. The topological polar surface area (TPSA) is 75.7 Å². The third-order valence-corrected chi connectivity index (χ3v) is 3.03. The maximum atomic E-state index is 14.1. The Hall–Kier alpha value is -1.66. The Morgan fingerprint density at radius 1 is 1.50 bits per heavy atom. The van der Waals surface area contributed by atoms with Crippen LogP contribution in [0.1, 0.15) is 33.6 Å². The van der Waals surface area contributed by atoms with Crippen LogP contribution in [-0.4, -0.2) is 40.2 Å². The number of alkyl halides is 1. The van der Waals surface area contributed by atoms with Gasteiger partial charge in [0.25, 0.3) is 5.91 Å². The van der Waals surface area contributed by atoms with Gasteiger partial charge in [-0.15, -0.1) is 0 Å². The minimum Gasteiger partial charge on any atom is -0.443 e. The van der Waals surface area contributed by atoms with Crippen molar-refractivity contribution in [3.8, 4) is 0 Å². The average molecular weight is 258 g/mol. The molecule has 1 heterocycles. The smallest absolute Gasteiger partial charge is 0.418 e. The fourth-order valence-electron chi connectivity index (χ4n) is 2.05. The number of carbonyl (C=O) groups is 3. The van der Waals surface area contributed by atoms with Crippen LogP contribution in [0.15, 0.2) is 0 Å². The third-order valence-electron chi connectivity index (χ3n) is 3.03. The fraction of sp³-hybridized carbons (Fsp3) is 0.727. The molecule has 0 bridgehead atoms. The van der Waals surface area contributed by atoms with Crippen molar-refractivity contribution in [3.05, 3.63) is 0 Å². The number of amides is 4. The zero-order valence-electron chi connectivity index (χ0n) is 10.4. The van der Waals surface area contributed by atoms with Crippen LogP contribution in [0.25, 0.3) is 0 Å². The monoisotopic (exact) mass is 258 g/mol. The Morgan fingerprint density at radius 2 is 2.11 bits per heavy atom. The molecule has 0 unspecified atom stereocenters. The molecular formula is C11H15FN2O4. The van der Waals surface area contributed by atoms with Crippen molar-refractivity contribution in [1.82, 2.24) is 10.2 Å². The molecule has 1 N–H and O–H groups in total. The van der Waals surface area contributed by atoms with Crippen LogP contribution in [0, 0.1) is 0 Å². The number of fused-ring (bicyclic) bond motifs is 1. The first kappa shape index (κ1) is 12.8. The predicted octanol–water partition coefficient (Wildman–Crippen LogP) is 1.34. The minimum absolute atomic E-state index is 0.01000. The van der Waals surface area contributed by atoms with Crippen LogP contribution in [0.3, 0.4) is 0 Å². The van der Waals surface area contributed by atoms with E-state index < -0.39 is 35.3 Å². The van der Waals surface area contributed by atoms with Crippen LogP contribution >= 0.6 is 0 Å². The summed E-state index contributed by atoms with van der Waals surface area (Å²) in [6.07, 6.45) is -0.649. The summed E-state index contributed by atoms with van der Waals surface area (Å²) in [7, 11) is 0. The van der Waals surface area contributed by atoms with E-state index in [2.05, 4.69) is 0 Å². The van der Waals surface area contributed by atoms with Crippen LogP contribution in [0.2, 0.25) is 0 Å². The molecule has 4 amide bonds. The maximum Gasteiger partial charge on any atom is 0.418 e. The standard InChI is InChI=1S/C11H15FN2O4/c1-10(2,3)18-9(17)14-6-4-5-11(6,12)7(15)13-8(14)16/h6H,4-5H2,1-3H3,(H,13,15,16)/t6-,11-/m0/s1. The molecule has 6 nitrogen and oxygen atoms in total. The van der Waals surface area contributed by atoms with Crippen molar-refractivity contribution < 1.29 is 23.5 Å². The van der Waals surface area contributed by atoms with Gasteiger partial charge < -0.3 is 4.74 Å². The van der Waals surface area contributed by atoms with Gasteiger partial charge in [-0.05, 0) is 33.6 Å². The Labute approximate surface area is 103 Å².